The number of amides is 1. The minimum Gasteiger partial charge on any atom is -0.493 e. The van der Waals surface area contributed by atoms with Crippen LogP contribution in [0.4, 0.5) is 4.39 Å². The van der Waals surface area contributed by atoms with Gasteiger partial charge in [0.05, 0.1) is 20.3 Å². The summed E-state index contributed by atoms with van der Waals surface area (Å²) in [6.07, 6.45) is 0. The number of hydrogen-bond donors (Lipinski definition) is 0. The minimum atomic E-state index is -0.459. The summed E-state index contributed by atoms with van der Waals surface area (Å²) in [6.45, 7) is 2.14. The number of halogens is 1. The highest BCUT2D eigenvalue weighted by Crippen LogP contribution is 2.28. The van der Waals surface area contributed by atoms with Gasteiger partial charge >= 0.3 is 0 Å². The fourth-order valence-corrected chi connectivity index (χ4v) is 3.35. The summed E-state index contributed by atoms with van der Waals surface area (Å²) in [5.74, 6) is 0.662. The number of nitrogens with zero attached hydrogens (tertiary/aromatic N) is 3. The van der Waals surface area contributed by atoms with Crippen LogP contribution < -0.4 is 9.47 Å². The Labute approximate surface area is 163 Å². The van der Waals surface area contributed by atoms with Gasteiger partial charge in [0.25, 0.3) is 5.91 Å². The van der Waals surface area contributed by atoms with Gasteiger partial charge in [0.1, 0.15) is 11.9 Å². The summed E-state index contributed by atoms with van der Waals surface area (Å²) in [4.78, 5) is 16.6. The van der Waals surface area contributed by atoms with Crippen molar-refractivity contribution in [2.75, 3.05) is 40.4 Å². The molecule has 7 heteroatoms. The third-order valence-corrected chi connectivity index (χ3v) is 4.91. The van der Waals surface area contributed by atoms with Crippen LogP contribution in [0.5, 0.6) is 11.5 Å². The number of piperazine rings is 1. The molecule has 1 atom stereocenters. The summed E-state index contributed by atoms with van der Waals surface area (Å²) in [5.41, 5.74) is 1.28. The molecule has 2 aromatic rings. The van der Waals surface area contributed by atoms with Crippen molar-refractivity contribution in [3.8, 4) is 17.6 Å². The summed E-state index contributed by atoms with van der Waals surface area (Å²) in [5, 5.41) is 9.57. The second kappa shape index (κ2) is 8.72. The lowest BCUT2D eigenvalue weighted by Crippen LogP contribution is -2.49. The van der Waals surface area contributed by atoms with E-state index in [-0.39, 0.29) is 11.7 Å². The fraction of sp³-hybridized carbons (Fsp3) is 0.333. The van der Waals surface area contributed by atoms with E-state index in [0.29, 0.717) is 43.2 Å². The van der Waals surface area contributed by atoms with Gasteiger partial charge in [0.2, 0.25) is 0 Å². The predicted molar refractivity (Wildman–Crippen MR) is 102 cm³/mol. The Balaban J connectivity index is 1.67. The van der Waals surface area contributed by atoms with Crippen LogP contribution >= 0.6 is 0 Å². The van der Waals surface area contributed by atoms with Crippen molar-refractivity contribution in [2.45, 2.75) is 6.04 Å². The quantitative estimate of drug-likeness (QED) is 0.794. The van der Waals surface area contributed by atoms with Crippen LogP contribution in [0.3, 0.4) is 0 Å². The van der Waals surface area contributed by atoms with Gasteiger partial charge in [-0.3, -0.25) is 9.69 Å². The second-order valence-corrected chi connectivity index (χ2v) is 6.48. The molecule has 28 heavy (non-hydrogen) atoms. The topological polar surface area (TPSA) is 65.8 Å². The number of hydrogen-bond acceptors (Lipinski definition) is 5. The van der Waals surface area contributed by atoms with Crippen molar-refractivity contribution < 1.29 is 18.7 Å². The van der Waals surface area contributed by atoms with E-state index in [2.05, 4.69) is 6.07 Å². The molecule has 1 aliphatic heterocycles. The van der Waals surface area contributed by atoms with Gasteiger partial charge in [-0.15, -0.1) is 0 Å². The van der Waals surface area contributed by atoms with Gasteiger partial charge in [-0.05, 0) is 35.9 Å². The number of carbonyl (C=O) groups excluding carboxylic acids is 1. The Hall–Kier alpha value is -3.11. The monoisotopic (exact) mass is 383 g/mol. The van der Waals surface area contributed by atoms with Gasteiger partial charge in [0.15, 0.2) is 11.5 Å². The molecule has 0 bridgehead atoms. The Morgan fingerprint density at radius 2 is 1.68 bits per heavy atom. The second-order valence-electron chi connectivity index (χ2n) is 6.48. The first-order chi connectivity index (χ1) is 13.6. The van der Waals surface area contributed by atoms with Crippen LogP contribution in [-0.4, -0.2) is 56.1 Å². The first kappa shape index (κ1) is 19.6. The van der Waals surface area contributed by atoms with E-state index in [1.165, 1.54) is 19.2 Å². The number of ether oxygens (including phenoxy) is 2. The van der Waals surface area contributed by atoms with Crippen LogP contribution in [0.2, 0.25) is 0 Å². The van der Waals surface area contributed by atoms with E-state index >= 15 is 0 Å². The molecule has 0 spiro atoms. The molecule has 3 rings (SSSR count). The van der Waals surface area contributed by atoms with Crippen molar-refractivity contribution in [1.29, 1.82) is 5.26 Å². The Morgan fingerprint density at radius 3 is 2.25 bits per heavy atom. The molecule has 6 nitrogen and oxygen atoms in total. The van der Waals surface area contributed by atoms with Crippen molar-refractivity contribution in [2.24, 2.45) is 0 Å². The number of nitriles is 1. The molecule has 1 fully saturated rings. The lowest BCUT2D eigenvalue weighted by atomic mass is 10.1. The maximum atomic E-state index is 13.1. The average molecular weight is 383 g/mol. The van der Waals surface area contributed by atoms with E-state index in [0.717, 1.165) is 5.56 Å². The first-order valence-corrected chi connectivity index (χ1v) is 8.97. The minimum absolute atomic E-state index is 0.0871. The van der Waals surface area contributed by atoms with Gasteiger partial charge in [0, 0.05) is 31.7 Å². The molecule has 1 heterocycles. The zero-order valence-electron chi connectivity index (χ0n) is 15.9. The van der Waals surface area contributed by atoms with Crippen LogP contribution in [0, 0.1) is 17.1 Å². The number of methoxy groups -OCH3 is 2. The summed E-state index contributed by atoms with van der Waals surface area (Å²) in [6, 6.07) is 12.9. The average Bonchev–Trinajstić information content (AvgIpc) is 2.75. The van der Waals surface area contributed by atoms with Crippen LogP contribution in [0.15, 0.2) is 42.5 Å². The number of benzene rings is 2. The first-order valence-electron chi connectivity index (χ1n) is 8.97. The fourth-order valence-electron chi connectivity index (χ4n) is 3.35. The highest BCUT2D eigenvalue weighted by atomic mass is 19.1. The van der Waals surface area contributed by atoms with Gasteiger partial charge in [-0.1, -0.05) is 12.1 Å². The SMILES string of the molecule is COc1ccc(C(=O)N2CCN(C(C#N)c3ccc(F)cc3)CC2)cc1OC. The Bertz CT molecular complexity index is 871. The molecule has 0 aliphatic carbocycles. The van der Waals surface area contributed by atoms with Gasteiger partial charge in [-0.2, -0.15) is 5.26 Å². The van der Waals surface area contributed by atoms with E-state index in [1.807, 2.05) is 4.90 Å². The normalized spacial score (nSPS) is 15.6. The van der Waals surface area contributed by atoms with Crippen molar-refractivity contribution in [3.63, 3.8) is 0 Å². The largest absolute Gasteiger partial charge is 0.493 e. The van der Waals surface area contributed by atoms with Crippen LogP contribution in [0.1, 0.15) is 22.0 Å². The number of carbonyl (C=O) groups is 1. The maximum Gasteiger partial charge on any atom is 0.254 e. The van der Waals surface area contributed by atoms with E-state index < -0.39 is 6.04 Å². The third kappa shape index (κ3) is 4.07. The summed E-state index contributed by atoms with van der Waals surface area (Å²) < 4.78 is 23.6. The molecule has 1 amide bonds. The maximum absolute atomic E-state index is 13.1. The molecule has 1 unspecified atom stereocenters. The predicted octanol–water partition coefficient (Wildman–Crippen LogP) is 2.87. The summed E-state index contributed by atoms with van der Waals surface area (Å²) in [7, 11) is 3.08. The van der Waals surface area contributed by atoms with Crippen molar-refractivity contribution in [3.05, 3.63) is 59.4 Å². The molecule has 146 valence electrons. The standard InChI is InChI=1S/C21H22FN3O3/c1-27-19-8-5-16(13-20(19)28-2)21(26)25-11-9-24(10-12-25)18(14-23)15-3-6-17(22)7-4-15/h3-8,13,18H,9-12H2,1-2H3. The molecule has 0 radical (unpaired) electrons. The lowest BCUT2D eigenvalue weighted by Gasteiger charge is -2.37. The Morgan fingerprint density at radius 1 is 1.04 bits per heavy atom. The van der Waals surface area contributed by atoms with Crippen LogP contribution in [-0.2, 0) is 0 Å². The zero-order chi connectivity index (χ0) is 20.1. The van der Waals surface area contributed by atoms with E-state index in [9.17, 15) is 14.4 Å². The molecular formula is C21H22FN3O3. The van der Waals surface area contributed by atoms with Gasteiger partial charge < -0.3 is 14.4 Å². The van der Waals surface area contributed by atoms with Crippen molar-refractivity contribution in [1.82, 2.24) is 9.80 Å². The lowest BCUT2D eigenvalue weighted by molar-refractivity contribution is 0.0606. The third-order valence-electron chi connectivity index (χ3n) is 4.91. The van der Waals surface area contributed by atoms with E-state index in [4.69, 9.17) is 9.47 Å². The highest BCUT2D eigenvalue weighted by molar-refractivity contribution is 5.95. The highest BCUT2D eigenvalue weighted by Gasteiger charge is 2.28. The zero-order valence-corrected chi connectivity index (χ0v) is 15.9. The molecule has 0 N–H and O–H groups in total. The van der Waals surface area contributed by atoms with E-state index in [1.54, 1.807) is 42.3 Å². The molecule has 0 aromatic heterocycles. The van der Waals surface area contributed by atoms with Gasteiger partial charge in [-0.25, -0.2) is 4.39 Å². The number of rotatable bonds is 5. The molecule has 1 aliphatic rings. The Kier molecular flexibility index (Phi) is 6.12. The molecule has 2 aromatic carbocycles. The molecule has 0 saturated carbocycles. The van der Waals surface area contributed by atoms with Crippen LogP contribution in [0.25, 0.3) is 0 Å². The molecular weight excluding hydrogens is 361 g/mol. The van der Waals surface area contributed by atoms with Crippen molar-refractivity contribution >= 4 is 5.91 Å². The smallest absolute Gasteiger partial charge is 0.254 e. The molecule has 1 saturated heterocycles. The summed E-state index contributed by atoms with van der Waals surface area (Å²) >= 11 is 0.